The molecule has 1 aliphatic carbocycles. The van der Waals surface area contributed by atoms with Crippen LogP contribution >= 0.6 is 0 Å². The van der Waals surface area contributed by atoms with Gasteiger partial charge in [0.05, 0.1) is 12.5 Å². The Hall–Kier alpha value is -4.62. The molecular formula is C32H35N7O3. The number of nitrogens with zero attached hydrogens (tertiary/aromatic N) is 6. The lowest BCUT2D eigenvalue weighted by Gasteiger charge is -2.19. The molecule has 216 valence electrons. The minimum Gasteiger partial charge on any atom is -0.496 e. The molecule has 3 atom stereocenters. The third kappa shape index (κ3) is 5.23. The summed E-state index contributed by atoms with van der Waals surface area (Å²) in [7, 11) is 7.63. The molecule has 1 unspecified atom stereocenters. The maximum Gasteiger partial charge on any atom is 0.222 e. The van der Waals surface area contributed by atoms with Crippen molar-refractivity contribution < 1.29 is 14.3 Å². The van der Waals surface area contributed by atoms with E-state index in [1.165, 1.54) is 6.33 Å². The SMILES string of the molecule is COc1cc(Oc2ccccn2)ccc1-c1c(C#CC2[C@H]3CN(C(=O)CCCN(C)C)C[C@@H]23)n(C)c2ncnc(N)c12. The van der Waals surface area contributed by atoms with E-state index in [1.807, 2.05) is 60.9 Å². The number of nitrogens with two attached hydrogens (primary N) is 1. The van der Waals surface area contributed by atoms with Gasteiger partial charge in [-0.05, 0) is 63.0 Å². The number of benzene rings is 1. The molecule has 2 N–H and O–H groups in total. The molecule has 1 saturated heterocycles. The van der Waals surface area contributed by atoms with Crippen molar-refractivity contribution in [1.29, 1.82) is 0 Å². The summed E-state index contributed by atoms with van der Waals surface area (Å²) in [6.07, 6.45) is 4.63. The number of aryl methyl sites for hydroxylation is 1. The van der Waals surface area contributed by atoms with Gasteiger partial charge in [-0.1, -0.05) is 12.0 Å². The van der Waals surface area contributed by atoms with Crippen LogP contribution in [0, 0.1) is 29.6 Å². The number of ether oxygens (including phenoxy) is 2. The number of hydrogen-bond acceptors (Lipinski definition) is 8. The van der Waals surface area contributed by atoms with E-state index < -0.39 is 0 Å². The Balaban J connectivity index is 1.28. The second kappa shape index (κ2) is 11.3. The second-order valence-corrected chi connectivity index (χ2v) is 11.2. The summed E-state index contributed by atoms with van der Waals surface area (Å²) in [5, 5.41) is 0.728. The minimum atomic E-state index is 0.253. The van der Waals surface area contributed by atoms with Crippen molar-refractivity contribution >= 4 is 22.8 Å². The topological polar surface area (TPSA) is 112 Å². The van der Waals surface area contributed by atoms with Gasteiger partial charge < -0.3 is 29.6 Å². The number of likely N-dealkylation sites (tertiary alicyclic amines) is 1. The highest BCUT2D eigenvalue weighted by Crippen LogP contribution is 2.51. The molecule has 1 saturated carbocycles. The van der Waals surface area contributed by atoms with Crippen molar-refractivity contribution in [2.75, 3.05) is 46.6 Å². The Morgan fingerprint density at radius 2 is 1.95 bits per heavy atom. The molecule has 4 aromatic rings. The lowest BCUT2D eigenvalue weighted by atomic mass is 10.0. The van der Waals surface area contributed by atoms with Crippen molar-refractivity contribution in [3.05, 3.63) is 54.6 Å². The number of piperidine rings is 1. The second-order valence-electron chi connectivity index (χ2n) is 11.2. The van der Waals surface area contributed by atoms with E-state index in [-0.39, 0.29) is 11.8 Å². The summed E-state index contributed by atoms with van der Waals surface area (Å²) in [6, 6.07) is 11.1. The molecule has 2 aliphatic rings. The molecule has 0 radical (unpaired) electrons. The fourth-order valence-electron chi connectivity index (χ4n) is 5.95. The van der Waals surface area contributed by atoms with Crippen LogP contribution in [0.2, 0.25) is 0 Å². The van der Waals surface area contributed by atoms with Crippen LogP contribution in [0.25, 0.3) is 22.2 Å². The Bertz CT molecular complexity index is 1680. The van der Waals surface area contributed by atoms with Gasteiger partial charge in [-0.15, -0.1) is 0 Å². The molecule has 0 spiro atoms. The molecule has 0 bridgehead atoms. The van der Waals surface area contributed by atoms with Gasteiger partial charge in [0.2, 0.25) is 11.8 Å². The quantitative estimate of drug-likeness (QED) is 0.321. The van der Waals surface area contributed by atoms with E-state index >= 15 is 0 Å². The van der Waals surface area contributed by atoms with Crippen molar-refractivity contribution in [3.63, 3.8) is 0 Å². The first-order valence-electron chi connectivity index (χ1n) is 14.2. The third-order valence-electron chi connectivity index (χ3n) is 8.20. The Kier molecular flexibility index (Phi) is 7.43. The Morgan fingerprint density at radius 3 is 2.67 bits per heavy atom. The highest BCUT2D eigenvalue weighted by atomic mass is 16.5. The summed E-state index contributed by atoms with van der Waals surface area (Å²) in [4.78, 5) is 29.8. The smallest absolute Gasteiger partial charge is 0.222 e. The Morgan fingerprint density at radius 1 is 1.14 bits per heavy atom. The number of fused-ring (bicyclic) bond motifs is 2. The first-order chi connectivity index (χ1) is 20.4. The molecular weight excluding hydrogens is 530 g/mol. The van der Waals surface area contributed by atoms with Gasteiger partial charge in [0, 0.05) is 61.9 Å². The maximum atomic E-state index is 12.7. The predicted octanol–water partition coefficient (Wildman–Crippen LogP) is 3.81. The highest BCUT2D eigenvalue weighted by Gasteiger charge is 2.55. The fraction of sp³-hybridized carbons (Fsp3) is 0.375. The molecule has 2 fully saturated rings. The summed E-state index contributed by atoms with van der Waals surface area (Å²) in [5.74, 6) is 10.4. The van der Waals surface area contributed by atoms with E-state index in [2.05, 4.69) is 31.7 Å². The van der Waals surface area contributed by atoms with Crippen LogP contribution in [0.15, 0.2) is 48.9 Å². The zero-order valence-corrected chi connectivity index (χ0v) is 24.4. The van der Waals surface area contributed by atoms with Crippen LogP contribution in [-0.2, 0) is 11.8 Å². The van der Waals surface area contributed by atoms with E-state index in [0.29, 0.717) is 47.1 Å². The van der Waals surface area contributed by atoms with E-state index in [1.54, 1.807) is 19.4 Å². The van der Waals surface area contributed by atoms with Gasteiger partial charge in [-0.3, -0.25) is 4.79 Å². The van der Waals surface area contributed by atoms with Gasteiger partial charge >= 0.3 is 0 Å². The standard InChI is InChI=1S/C32H35N7O3/c1-37(2)15-7-9-28(40)39-17-23-21(24(23)18-39)12-13-25-29(30-31(33)35-19-36-32(30)38(25)3)22-11-10-20(16-26(22)41-4)42-27-8-5-6-14-34-27/h5-6,8,10-11,14,16,19,21,23-24H,7,9,15,17-18H2,1-4H3,(H2,33,35,36)/t21?,23-,24+. The first kappa shape index (κ1) is 27.5. The number of pyridine rings is 1. The molecule has 1 amide bonds. The summed E-state index contributed by atoms with van der Waals surface area (Å²) >= 11 is 0. The average Bonchev–Trinajstić information content (AvgIpc) is 3.29. The van der Waals surface area contributed by atoms with Crippen LogP contribution in [-0.4, -0.2) is 76.1 Å². The van der Waals surface area contributed by atoms with Gasteiger partial charge in [0.15, 0.2) is 0 Å². The lowest BCUT2D eigenvalue weighted by molar-refractivity contribution is -0.130. The largest absolute Gasteiger partial charge is 0.496 e. The molecule has 4 heterocycles. The van der Waals surface area contributed by atoms with Crippen molar-refractivity contribution in [3.8, 4) is 40.3 Å². The number of aromatic nitrogens is 4. The van der Waals surface area contributed by atoms with Crippen molar-refractivity contribution in [2.45, 2.75) is 12.8 Å². The Labute approximate surface area is 245 Å². The lowest BCUT2D eigenvalue weighted by Crippen LogP contribution is -2.31. The number of amides is 1. The maximum absolute atomic E-state index is 12.7. The molecule has 42 heavy (non-hydrogen) atoms. The van der Waals surface area contributed by atoms with Crippen LogP contribution in [0.1, 0.15) is 18.5 Å². The van der Waals surface area contributed by atoms with Gasteiger partial charge in [0.25, 0.3) is 0 Å². The number of methoxy groups -OCH3 is 1. The molecule has 1 aromatic carbocycles. The van der Waals surface area contributed by atoms with Gasteiger partial charge in [-0.2, -0.15) is 0 Å². The van der Waals surface area contributed by atoms with E-state index in [9.17, 15) is 4.79 Å². The van der Waals surface area contributed by atoms with Crippen LogP contribution in [0.3, 0.4) is 0 Å². The van der Waals surface area contributed by atoms with Gasteiger partial charge in [-0.25, -0.2) is 15.0 Å². The average molecular weight is 566 g/mol. The summed E-state index contributed by atoms with van der Waals surface area (Å²) in [6.45, 7) is 2.50. The summed E-state index contributed by atoms with van der Waals surface area (Å²) in [5.41, 5.74) is 9.53. The first-order valence-corrected chi connectivity index (χ1v) is 14.2. The zero-order chi connectivity index (χ0) is 29.4. The van der Waals surface area contributed by atoms with Gasteiger partial charge in [0.1, 0.15) is 35.0 Å². The van der Waals surface area contributed by atoms with Crippen LogP contribution in [0.4, 0.5) is 5.82 Å². The molecule has 3 aromatic heterocycles. The minimum absolute atomic E-state index is 0.253. The van der Waals surface area contributed by atoms with Crippen molar-refractivity contribution in [1.82, 2.24) is 29.3 Å². The number of nitrogen functional groups attached to an aromatic ring is 1. The van der Waals surface area contributed by atoms with Crippen LogP contribution in [0.5, 0.6) is 17.4 Å². The monoisotopic (exact) mass is 565 g/mol. The normalized spacial score (nSPS) is 19.0. The van der Waals surface area contributed by atoms with Crippen LogP contribution < -0.4 is 15.2 Å². The molecule has 10 heteroatoms. The molecule has 1 aliphatic heterocycles. The molecule has 6 rings (SSSR count). The number of carbonyl (C=O) groups is 1. The molecule has 10 nitrogen and oxygen atoms in total. The van der Waals surface area contributed by atoms with E-state index in [0.717, 1.165) is 48.3 Å². The number of hydrogen-bond donors (Lipinski definition) is 1. The third-order valence-corrected chi connectivity index (χ3v) is 8.20. The highest BCUT2D eigenvalue weighted by molar-refractivity contribution is 6.04. The van der Waals surface area contributed by atoms with E-state index in [4.69, 9.17) is 15.2 Å². The number of anilines is 1. The predicted molar refractivity (Wildman–Crippen MR) is 161 cm³/mol. The zero-order valence-electron chi connectivity index (χ0n) is 24.4. The number of carbonyl (C=O) groups excluding carboxylic acids is 1. The van der Waals surface area contributed by atoms with Crippen molar-refractivity contribution in [2.24, 2.45) is 24.8 Å². The summed E-state index contributed by atoms with van der Waals surface area (Å²) < 4.78 is 13.7. The number of rotatable bonds is 8. The fourth-order valence-corrected chi connectivity index (χ4v) is 5.95.